The van der Waals surface area contributed by atoms with Crippen LogP contribution in [0.3, 0.4) is 0 Å². The number of nitrogens with zero attached hydrogens (tertiary/aromatic N) is 3. The molecule has 0 unspecified atom stereocenters. The maximum Gasteiger partial charge on any atom is 0.239 e. The molecule has 0 spiro atoms. The van der Waals surface area contributed by atoms with E-state index in [-0.39, 0.29) is 43.2 Å². The number of hydrogen-bond acceptors (Lipinski definition) is 7. The van der Waals surface area contributed by atoms with Crippen molar-refractivity contribution in [1.82, 2.24) is 20.4 Å². The van der Waals surface area contributed by atoms with Crippen molar-refractivity contribution in [3.63, 3.8) is 0 Å². The molecular weight excluding hydrogens is 334 g/mol. The highest BCUT2D eigenvalue weighted by molar-refractivity contribution is 7.15. The summed E-state index contributed by atoms with van der Waals surface area (Å²) in [5.74, 6) is -0.660. The second-order valence-corrected chi connectivity index (χ2v) is 6.67. The zero-order valence-electron chi connectivity index (χ0n) is 13.1. The van der Waals surface area contributed by atoms with E-state index in [1.807, 2.05) is 0 Å². The smallest absolute Gasteiger partial charge is 0.239 e. The lowest BCUT2D eigenvalue weighted by molar-refractivity contribution is -0.138. The second-order valence-electron chi connectivity index (χ2n) is 5.66. The molecule has 2 aliphatic rings. The van der Waals surface area contributed by atoms with Gasteiger partial charge in [0.1, 0.15) is 11.1 Å². The van der Waals surface area contributed by atoms with Gasteiger partial charge in [0, 0.05) is 32.5 Å². The standard InChI is InChI=1S/C14H19N5O4S/c20-10(3-4-12(22)19-6-5-15-11(21)8-19)16-14-18-17-13(24-14)9-2-1-7-23-9/h9H,1-8H2,(H,15,21)(H,16,18,20)/t9-/m1/s1. The van der Waals surface area contributed by atoms with Crippen molar-refractivity contribution in [3.8, 4) is 0 Å². The zero-order valence-corrected chi connectivity index (χ0v) is 13.9. The monoisotopic (exact) mass is 353 g/mol. The van der Waals surface area contributed by atoms with Gasteiger partial charge in [-0.25, -0.2) is 0 Å². The van der Waals surface area contributed by atoms with E-state index in [0.29, 0.717) is 18.2 Å². The maximum absolute atomic E-state index is 12.0. The number of carbonyl (C=O) groups is 3. The van der Waals surface area contributed by atoms with Crippen molar-refractivity contribution in [2.24, 2.45) is 0 Å². The predicted octanol–water partition coefficient (Wildman–Crippen LogP) is 0.0667. The van der Waals surface area contributed by atoms with Gasteiger partial charge in [-0.05, 0) is 12.8 Å². The van der Waals surface area contributed by atoms with Crippen molar-refractivity contribution in [2.75, 3.05) is 31.6 Å². The lowest BCUT2D eigenvalue weighted by Gasteiger charge is -2.26. The van der Waals surface area contributed by atoms with Gasteiger partial charge in [0.15, 0.2) is 0 Å². The van der Waals surface area contributed by atoms with E-state index in [1.165, 1.54) is 16.2 Å². The Morgan fingerprint density at radius 3 is 3.00 bits per heavy atom. The summed E-state index contributed by atoms with van der Waals surface area (Å²) in [6.45, 7) is 1.71. The topological polar surface area (TPSA) is 114 Å². The van der Waals surface area contributed by atoms with E-state index < -0.39 is 0 Å². The molecule has 2 saturated heterocycles. The normalized spacial score (nSPS) is 20.8. The van der Waals surface area contributed by atoms with Crippen LogP contribution < -0.4 is 10.6 Å². The summed E-state index contributed by atoms with van der Waals surface area (Å²) in [7, 11) is 0. The van der Waals surface area contributed by atoms with E-state index in [9.17, 15) is 14.4 Å². The third-order valence-corrected chi connectivity index (χ3v) is 4.78. The molecule has 24 heavy (non-hydrogen) atoms. The molecule has 1 atom stereocenters. The van der Waals surface area contributed by atoms with E-state index in [2.05, 4.69) is 20.8 Å². The maximum atomic E-state index is 12.0. The molecule has 0 radical (unpaired) electrons. The number of rotatable bonds is 5. The van der Waals surface area contributed by atoms with E-state index in [1.54, 1.807) is 0 Å². The molecule has 1 aromatic heterocycles. The molecule has 2 N–H and O–H groups in total. The van der Waals surface area contributed by atoms with Crippen molar-refractivity contribution in [1.29, 1.82) is 0 Å². The molecule has 10 heteroatoms. The van der Waals surface area contributed by atoms with E-state index >= 15 is 0 Å². The van der Waals surface area contributed by atoms with Crippen LogP contribution in [0.5, 0.6) is 0 Å². The van der Waals surface area contributed by atoms with Crippen LogP contribution in [0.15, 0.2) is 0 Å². The van der Waals surface area contributed by atoms with Gasteiger partial charge in [0.2, 0.25) is 22.9 Å². The molecule has 9 nitrogen and oxygen atoms in total. The molecule has 2 aliphatic heterocycles. The minimum Gasteiger partial charge on any atom is -0.371 e. The first-order chi connectivity index (χ1) is 11.6. The first-order valence-electron chi connectivity index (χ1n) is 7.91. The van der Waals surface area contributed by atoms with Crippen LogP contribution in [0, 0.1) is 0 Å². The van der Waals surface area contributed by atoms with E-state index in [0.717, 1.165) is 24.5 Å². The van der Waals surface area contributed by atoms with Crippen LogP contribution in [0.1, 0.15) is 36.8 Å². The molecule has 0 aromatic carbocycles. The zero-order chi connectivity index (χ0) is 16.9. The highest BCUT2D eigenvalue weighted by Crippen LogP contribution is 2.31. The Morgan fingerprint density at radius 1 is 1.38 bits per heavy atom. The molecule has 0 saturated carbocycles. The Labute approximate surface area is 142 Å². The van der Waals surface area contributed by atoms with Gasteiger partial charge in [-0.15, -0.1) is 10.2 Å². The number of carbonyl (C=O) groups excluding carboxylic acids is 3. The summed E-state index contributed by atoms with van der Waals surface area (Å²) >= 11 is 1.29. The average Bonchev–Trinajstić information content (AvgIpc) is 3.23. The van der Waals surface area contributed by atoms with Gasteiger partial charge < -0.3 is 20.3 Å². The molecule has 130 valence electrons. The molecular formula is C14H19N5O4S. The van der Waals surface area contributed by atoms with Crippen LogP contribution in [0.25, 0.3) is 0 Å². The summed E-state index contributed by atoms with van der Waals surface area (Å²) in [6.07, 6.45) is 2.01. The minimum atomic E-state index is -0.292. The Kier molecular flexibility index (Phi) is 5.36. The van der Waals surface area contributed by atoms with E-state index in [4.69, 9.17) is 4.74 Å². The van der Waals surface area contributed by atoms with Crippen molar-refractivity contribution < 1.29 is 19.1 Å². The van der Waals surface area contributed by atoms with Gasteiger partial charge in [-0.1, -0.05) is 11.3 Å². The third-order valence-electron chi connectivity index (χ3n) is 3.85. The highest BCUT2D eigenvalue weighted by Gasteiger charge is 2.23. The number of ether oxygens (including phenoxy) is 1. The lowest BCUT2D eigenvalue weighted by Crippen LogP contribution is -2.50. The second kappa shape index (κ2) is 7.67. The first kappa shape index (κ1) is 16.8. The van der Waals surface area contributed by atoms with Gasteiger partial charge in [-0.3, -0.25) is 14.4 Å². The number of anilines is 1. The summed E-state index contributed by atoms with van der Waals surface area (Å²) in [6, 6.07) is 0. The Balaban J connectivity index is 1.43. The fourth-order valence-corrected chi connectivity index (χ4v) is 3.44. The predicted molar refractivity (Wildman–Crippen MR) is 85.3 cm³/mol. The van der Waals surface area contributed by atoms with Crippen molar-refractivity contribution in [3.05, 3.63) is 5.01 Å². The first-order valence-corrected chi connectivity index (χ1v) is 8.73. The lowest BCUT2D eigenvalue weighted by atomic mass is 10.2. The molecule has 0 aliphatic carbocycles. The minimum absolute atomic E-state index is 0.0278. The van der Waals surface area contributed by atoms with Crippen molar-refractivity contribution >= 4 is 34.2 Å². The summed E-state index contributed by atoms with van der Waals surface area (Å²) in [4.78, 5) is 36.7. The molecule has 3 amide bonds. The Morgan fingerprint density at radius 2 is 2.25 bits per heavy atom. The fourth-order valence-electron chi connectivity index (χ4n) is 2.60. The third kappa shape index (κ3) is 4.26. The summed E-state index contributed by atoms with van der Waals surface area (Å²) in [5.41, 5.74) is 0. The Hall–Kier alpha value is -2.07. The van der Waals surface area contributed by atoms with Gasteiger partial charge in [0.05, 0.1) is 6.54 Å². The molecule has 3 rings (SSSR count). The summed E-state index contributed by atoms with van der Waals surface area (Å²) in [5, 5.41) is 14.5. The van der Waals surface area contributed by atoms with Crippen LogP contribution >= 0.6 is 11.3 Å². The molecule has 3 heterocycles. The Bertz CT molecular complexity index is 628. The largest absolute Gasteiger partial charge is 0.371 e. The van der Waals surface area contributed by atoms with Gasteiger partial charge in [0.25, 0.3) is 0 Å². The van der Waals surface area contributed by atoms with Crippen LogP contribution in [0.4, 0.5) is 5.13 Å². The van der Waals surface area contributed by atoms with Gasteiger partial charge >= 0.3 is 0 Å². The summed E-state index contributed by atoms with van der Waals surface area (Å²) < 4.78 is 5.52. The molecule has 2 fully saturated rings. The number of hydrogen-bond donors (Lipinski definition) is 2. The number of aromatic nitrogens is 2. The fraction of sp³-hybridized carbons (Fsp3) is 0.643. The van der Waals surface area contributed by atoms with Crippen LogP contribution in [-0.2, 0) is 19.1 Å². The SMILES string of the molecule is O=C1CN(C(=O)CCC(=O)Nc2nnc([C@H]3CCCO3)s2)CCN1. The highest BCUT2D eigenvalue weighted by atomic mass is 32.1. The molecule has 1 aromatic rings. The van der Waals surface area contributed by atoms with Crippen LogP contribution in [0.2, 0.25) is 0 Å². The number of nitrogens with one attached hydrogen (secondary N) is 2. The average molecular weight is 353 g/mol. The van der Waals surface area contributed by atoms with Crippen molar-refractivity contribution in [2.45, 2.75) is 31.8 Å². The van der Waals surface area contributed by atoms with Gasteiger partial charge in [-0.2, -0.15) is 0 Å². The molecule has 0 bridgehead atoms. The number of piperazine rings is 1. The quantitative estimate of drug-likeness (QED) is 0.774. The van der Waals surface area contributed by atoms with Crippen LogP contribution in [-0.4, -0.2) is 59.1 Å². The number of amides is 3.